The number of imidazole rings is 2. The van der Waals surface area contributed by atoms with Crippen LogP contribution in [-0.4, -0.2) is 51.0 Å². The minimum absolute atomic E-state index is 0.125. The predicted octanol–water partition coefficient (Wildman–Crippen LogP) is 5.00. The maximum atomic E-state index is 12.6. The highest BCUT2D eigenvalue weighted by Gasteiger charge is 2.16. The van der Waals surface area contributed by atoms with Crippen molar-refractivity contribution in [2.24, 2.45) is 24.3 Å². The van der Waals surface area contributed by atoms with E-state index in [-0.39, 0.29) is 16.2 Å². The molecule has 0 saturated heterocycles. The zero-order valence-electron chi connectivity index (χ0n) is 32.2. The summed E-state index contributed by atoms with van der Waals surface area (Å²) in [6, 6.07) is 36.7. The zero-order valence-corrected chi connectivity index (χ0v) is 33.0. The summed E-state index contributed by atoms with van der Waals surface area (Å²) < 4.78 is 39.6. The molecule has 5 heterocycles. The van der Waals surface area contributed by atoms with E-state index in [0.29, 0.717) is 0 Å². The molecule has 2 N–H and O–H groups in total. The van der Waals surface area contributed by atoms with Crippen LogP contribution < -0.4 is 20.0 Å². The van der Waals surface area contributed by atoms with E-state index in [2.05, 4.69) is 68.5 Å². The Morgan fingerprint density at radius 3 is 1.59 bits per heavy atom. The number of benzene rings is 3. The number of amides is 2. The van der Waals surface area contributed by atoms with E-state index in [1.54, 1.807) is 24.6 Å². The first-order valence-electron chi connectivity index (χ1n) is 18.2. The molecule has 3 aromatic carbocycles. The van der Waals surface area contributed by atoms with Crippen LogP contribution in [0.4, 0.5) is 0 Å². The lowest BCUT2D eigenvalue weighted by molar-refractivity contribution is -0.633. The highest BCUT2D eigenvalue weighted by Crippen LogP contribution is 2.19. The van der Waals surface area contributed by atoms with Crippen LogP contribution >= 0.6 is 0 Å². The number of hydrogen-bond acceptors (Lipinski definition) is 8. The number of hydrogen-bond donors (Lipinski definition) is 2. The number of hydrazone groups is 2. The number of nitrogens with one attached hydrogen (secondary N) is 2. The van der Waals surface area contributed by atoms with Gasteiger partial charge >= 0.3 is 0 Å². The molecule has 59 heavy (non-hydrogen) atoms. The molecule has 15 heteroatoms. The Bertz CT molecular complexity index is 2790. The van der Waals surface area contributed by atoms with Gasteiger partial charge in [-0.2, -0.15) is 10.2 Å². The van der Waals surface area contributed by atoms with E-state index in [1.165, 1.54) is 30.5 Å². The largest absolute Gasteiger partial charge is 0.744 e. The van der Waals surface area contributed by atoms with Crippen molar-refractivity contribution in [1.82, 2.24) is 24.6 Å². The minimum Gasteiger partial charge on any atom is -0.744 e. The van der Waals surface area contributed by atoms with E-state index in [4.69, 9.17) is 0 Å². The molecule has 2 amide bonds. The third-order valence-electron chi connectivity index (χ3n) is 9.41. The maximum Gasteiger partial charge on any atom is 0.289 e. The number of fused-ring (bicyclic) bond motifs is 2. The number of nitrogens with zero attached hydrogens (tertiary/aromatic N) is 7. The van der Waals surface area contributed by atoms with Crippen LogP contribution in [-0.2, 0) is 24.2 Å². The summed E-state index contributed by atoms with van der Waals surface area (Å²) in [7, 11) is -0.205. The second kappa shape index (κ2) is 17.3. The second-order valence-electron chi connectivity index (χ2n) is 13.4. The molecule has 294 valence electrons. The monoisotopic (exact) mass is 804 g/mol. The van der Waals surface area contributed by atoms with Crippen LogP contribution in [0.5, 0.6) is 0 Å². The highest BCUT2D eigenvalue weighted by molar-refractivity contribution is 7.85. The quantitative estimate of drug-likeness (QED) is 0.0901. The Morgan fingerprint density at radius 1 is 0.661 bits per heavy atom. The van der Waals surface area contributed by atoms with Crippen molar-refractivity contribution in [3.05, 3.63) is 180 Å². The second-order valence-corrected chi connectivity index (χ2v) is 14.8. The summed E-state index contributed by atoms with van der Waals surface area (Å²) in [5.74, 6) is -0.941. The SMILES string of the molecule is C[n+]1c(-c2ccc(/C=N/NC(=O)c3ccc(C(=O)N/N=C/c4ccc(-c5cn6ccccc6[n+]5C)cc4)nc3)cc2)cn2ccccc21.Cc1ccc(S(=O)(=O)[O-])cc1. The number of carbonyl (C=O) groups excluding carboxylic acids is 2. The molecule has 0 aliphatic heterocycles. The first-order chi connectivity index (χ1) is 28.4. The van der Waals surface area contributed by atoms with E-state index in [0.717, 1.165) is 50.5 Å². The maximum absolute atomic E-state index is 12.6. The predicted molar refractivity (Wildman–Crippen MR) is 222 cm³/mol. The van der Waals surface area contributed by atoms with Crippen LogP contribution in [0.25, 0.3) is 33.8 Å². The Morgan fingerprint density at radius 2 is 1.15 bits per heavy atom. The van der Waals surface area contributed by atoms with E-state index in [9.17, 15) is 22.6 Å². The lowest BCUT2D eigenvalue weighted by Gasteiger charge is -2.05. The molecule has 0 aliphatic carbocycles. The van der Waals surface area contributed by atoms with Crippen molar-refractivity contribution in [1.29, 1.82) is 0 Å². The van der Waals surface area contributed by atoms with E-state index >= 15 is 0 Å². The first kappa shape index (κ1) is 39.6. The van der Waals surface area contributed by atoms with Gasteiger partial charge < -0.3 is 4.55 Å². The fraction of sp³-hybridized carbons (Fsp3) is 0.0682. The third-order valence-corrected chi connectivity index (χ3v) is 10.3. The normalized spacial score (nSPS) is 11.5. The topological polar surface area (TPSA) is 170 Å². The Balaban J connectivity index is 0.000000417. The van der Waals surface area contributed by atoms with Crippen molar-refractivity contribution in [3.63, 3.8) is 0 Å². The average molecular weight is 805 g/mol. The first-order valence-corrected chi connectivity index (χ1v) is 19.6. The molecule has 8 aromatic rings. The van der Waals surface area contributed by atoms with Crippen LogP contribution in [0, 0.1) is 6.92 Å². The van der Waals surface area contributed by atoms with Crippen molar-refractivity contribution < 1.29 is 31.7 Å². The molecule has 0 aliphatic rings. The summed E-state index contributed by atoms with van der Waals surface area (Å²) in [6.07, 6.45) is 12.7. The lowest BCUT2D eigenvalue weighted by Crippen LogP contribution is -2.29. The van der Waals surface area contributed by atoms with Gasteiger partial charge in [-0.15, -0.1) is 0 Å². The van der Waals surface area contributed by atoms with Gasteiger partial charge in [0.2, 0.25) is 0 Å². The molecule has 5 aromatic heterocycles. The molecule has 14 nitrogen and oxygen atoms in total. The van der Waals surface area contributed by atoms with E-state index < -0.39 is 21.9 Å². The Kier molecular flexibility index (Phi) is 11.6. The zero-order chi connectivity index (χ0) is 41.5. The molecule has 0 saturated carbocycles. The molecule has 8 rings (SSSR count). The summed E-state index contributed by atoms with van der Waals surface area (Å²) in [5.41, 5.74) is 14.4. The van der Waals surface area contributed by atoms with Crippen molar-refractivity contribution in [3.8, 4) is 22.5 Å². The molecular weight excluding hydrogens is 767 g/mol. The van der Waals surface area contributed by atoms with Crippen molar-refractivity contribution >= 4 is 45.7 Å². The van der Waals surface area contributed by atoms with Gasteiger partial charge in [-0.25, -0.2) is 37.2 Å². The van der Waals surface area contributed by atoms with Crippen LogP contribution in [0.1, 0.15) is 37.5 Å². The summed E-state index contributed by atoms with van der Waals surface area (Å²) >= 11 is 0. The van der Waals surface area contributed by atoms with Crippen LogP contribution in [0.2, 0.25) is 0 Å². The van der Waals surface area contributed by atoms with Gasteiger partial charge in [-0.3, -0.25) is 14.6 Å². The summed E-state index contributed by atoms with van der Waals surface area (Å²) in [5, 5.41) is 8.14. The van der Waals surface area contributed by atoms with Gasteiger partial charge in [-0.1, -0.05) is 54.1 Å². The number of pyridine rings is 3. The van der Waals surface area contributed by atoms with Gasteiger partial charge in [0.05, 0.1) is 49.4 Å². The molecule has 0 spiro atoms. The summed E-state index contributed by atoms with van der Waals surface area (Å²) in [4.78, 5) is 29.1. The molecule has 0 radical (unpaired) electrons. The van der Waals surface area contributed by atoms with Gasteiger partial charge in [0.15, 0.2) is 11.4 Å². The molecule has 0 bridgehead atoms. The van der Waals surface area contributed by atoms with Gasteiger partial charge in [0, 0.05) is 29.5 Å². The highest BCUT2D eigenvalue weighted by atomic mass is 32.2. The fourth-order valence-corrected chi connectivity index (χ4v) is 6.67. The molecule has 0 unspecified atom stereocenters. The molecular formula is C44H38N9O5S+. The third kappa shape index (κ3) is 9.34. The van der Waals surface area contributed by atoms with Crippen molar-refractivity contribution in [2.45, 2.75) is 11.8 Å². The average Bonchev–Trinajstić information content (AvgIpc) is 3.77. The number of carbonyl (C=O) groups is 2. The number of aromatic nitrogens is 5. The van der Waals surface area contributed by atoms with Crippen LogP contribution in [0.3, 0.4) is 0 Å². The number of aryl methyl sites for hydroxylation is 3. The van der Waals surface area contributed by atoms with Gasteiger partial charge in [0.25, 0.3) is 23.1 Å². The van der Waals surface area contributed by atoms with Gasteiger partial charge in [0.1, 0.15) is 28.2 Å². The fourth-order valence-electron chi connectivity index (χ4n) is 6.20. The Labute approximate surface area is 339 Å². The molecule has 0 fully saturated rings. The lowest BCUT2D eigenvalue weighted by atomic mass is 10.1. The van der Waals surface area contributed by atoms with Gasteiger partial charge in [-0.05, 0) is 78.7 Å². The van der Waals surface area contributed by atoms with Crippen LogP contribution in [0.15, 0.2) is 167 Å². The van der Waals surface area contributed by atoms with Crippen molar-refractivity contribution in [2.75, 3.05) is 0 Å². The van der Waals surface area contributed by atoms with E-state index in [1.807, 2.05) is 106 Å². The Hall–Kier alpha value is -7.62. The summed E-state index contributed by atoms with van der Waals surface area (Å²) in [6.45, 7) is 1.82. The number of rotatable bonds is 9. The minimum atomic E-state index is -4.27. The molecule has 0 atom stereocenters. The standard InChI is InChI=1S/C37H29N9O2.C7H8O3S/c1-43-32(24-45-19-5-3-7-34(43)45)28-13-9-26(10-14-28)21-39-41-36(47)30-17-18-31(38-23-30)37(48)42-40-22-27-11-15-29(16-12-27)33-25-46-20-6-4-8-35(46)44(33)2;1-6-2-4-7(5-3-6)11(8,9)10/h3-25H,1-2H3;2-5H,1H3,(H,8,9,10)/p+1/b39-21+,40-22+;. The smallest absolute Gasteiger partial charge is 0.289 e.